The van der Waals surface area contributed by atoms with E-state index in [0.717, 1.165) is 12.0 Å². The number of rotatable bonds is 3. The maximum Gasteiger partial charge on any atom is 0.134 e. The Kier molecular flexibility index (Phi) is 2.78. The van der Waals surface area contributed by atoms with E-state index in [1.165, 1.54) is 16.5 Å². The smallest absolute Gasteiger partial charge is 0.134 e. The van der Waals surface area contributed by atoms with Gasteiger partial charge in [-0.1, -0.05) is 12.1 Å². The number of nitrogens with one attached hydrogen (secondary N) is 1. The zero-order valence-corrected chi connectivity index (χ0v) is 9.50. The number of likely N-dealkylation sites (N-methyl/N-ethyl adjacent to an activating group) is 1. The van der Waals surface area contributed by atoms with Crippen LogP contribution in [0, 0.1) is 6.92 Å². The van der Waals surface area contributed by atoms with Crippen LogP contribution in [0.4, 0.5) is 0 Å². The third-order valence-corrected chi connectivity index (χ3v) is 2.89. The number of aryl methyl sites for hydroxylation is 1. The monoisotopic (exact) mass is 203 g/mol. The molecule has 0 amide bonds. The second kappa shape index (κ2) is 4.07. The van der Waals surface area contributed by atoms with E-state index in [-0.39, 0.29) is 0 Å². The third kappa shape index (κ3) is 1.90. The quantitative estimate of drug-likeness (QED) is 0.829. The molecule has 0 spiro atoms. The number of benzene rings is 1. The molecule has 2 heteroatoms. The van der Waals surface area contributed by atoms with Crippen LogP contribution in [0.3, 0.4) is 0 Å². The van der Waals surface area contributed by atoms with Gasteiger partial charge in [-0.15, -0.1) is 0 Å². The van der Waals surface area contributed by atoms with Crippen LogP contribution in [-0.4, -0.2) is 13.1 Å². The van der Waals surface area contributed by atoms with Gasteiger partial charge in [0.05, 0.1) is 6.26 Å². The molecule has 80 valence electrons. The van der Waals surface area contributed by atoms with E-state index in [0.29, 0.717) is 6.04 Å². The Morgan fingerprint density at radius 3 is 2.93 bits per heavy atom. The minimum atomic E-state index is 0.491. The largest absolute Gasteiger partial charge is 0.464 e. The highest BCUT2D eigenvalue weighted by atomic mass is 16.3. The molecule has 15 heavy (non-hydrogen) atoms. The van der Waals surface area contributed by atoms with E-state index < -0.39 is 0 Å². The minimum Gasteiger partial charge on any atom is -0.464 e. The Bertz CT molecular complexity index is 459. The summed E-state index contributed by atoms with van der Waals surface area (Å²) in [7, 11) is 1.99. The molecule has 1 atom stereocenters. The van der Waals surface area contributed by atoms with Crippen LogP contribution in [0.25, 0.3) is 11.0 Å². The predicted molar refractivity (Wildman–Crippen MR) is 63.2 cm³/mol. The van der Waals surface area contributed by atoms with E-state index in [4.69, 9.17) is 4.42 Å². The molecule has 0 saturated heterocycles. The van der Waals surface area contributed by atoms with Crippen LogP contribution in [0.2, 0.25) is 0 Å². The van der Waals surface area contributed by atoms with Crippen LogP contribution in [0.15, 0.2) is 28.9 Å². The molecular formula is C13H17NO. The zero-order valence-electron chi connectivity index (χ0n) is 9.50. The maximum atomic E-state index is 5.48. The lowest BCUT2D eigenvalue weighted by Gasteiger charge is -2.10. The highest BCUT2D eigenvalue weighted by molar-refractivity contribution is 5.84. The van der Waals surface area contributed by atoms with E-state index >= 15 is 0 Å². The van der Waals surface area contributed by atoms with Crippen LogP contribution in [0.1, 0.15) is 18.1 Å². The lowest BCUT2D eigenvalue weighted by Crippen LogP contribution is -2.23. The Morgan fingerprint density at radius 2 is 2.20 bits per heavy atom. The summed E-state index contributed by atoms with van der Waals surface area (Å²) in [6.45, 7) is 4.29. The highest BCUT2D eigenvalue weighted by Gasteiger charge is 2.09. The van der Waals surface area contributed by atoms with Crippen molar-refractivity contribution in [2.75, 3.05) is 7.05 Å². The fourth-order valence-electron chi connectivity index (χ4n) is 1.94. The van der Waals surface area contributed by atoms with E-state index in [1.54, 1.807) is 0 Å². The van der Waals surface area contributed by atoms with Gasteiger partial charge < -0.3 is 9.73 Å². The van der Waals surface area contributed by atoms with Gasteiger partial charge in [-0.3, -0.25) is 0 Å². The first-order valence-electron chi connectivity index (χ1n) is 5.35. The van der Waals surface area contributed by atoms with Crippen molar-refractivity contribution in [1.82, 2.24) is 5.32 Å². The van der Waals surface area contributed by atoms with Crippen molar-refractivity contribution in [1.29, 1.82) is 0 Å². The van der Waals surface area contributed by atoms with Crippen molar-refractivity contribution in [3.05, 3.63) is 35.6 Å². The normalized spacial score (nSPS) is 13.3. The fraction of sp³-hybridized carbons (Fsp3) is 0.385. The van der Waals surface area contributed by atoms with Crippen LogP contribution in [0.5, 0.6) is 0 Å². The topological polar surface area (TPSA) is 25.2 Å². The van der Waals surface area contributed by atoms with Gasteiger partial charge >= 0.3 is 0 Å². The van der Waals surface area contributed by atoms with Gasteiger partial charge in [-0.05, 0) is 44.5 Å². The molecule has 1 aromatic carbocycles. The highest BCUT2D eigenvalue weighted by Crippen LogP contribution is 2.25. The van der Waals surface area contributed by atoms with Gasteiger partial charge in [-0.25, -0.2) is 0 Å². The molecule has 2 nitrogen and oxygen atoms in total. The number of hydrogen-bond donors (Lipinski definition) is 1. The van der Waals surface area contributed by atoms with Gasteiger partial charge in [0.2, 0.25) is 0 Å². The standard InChI is InChI=1S/C13H17NO/c1-9-8-15-12-6-4-5-11(13(9)12)7-10(2)14-3/h4-6,8,10,14H,7H2,1-3H3. The first-order valence-corrected chi connectivity index (χ1v) is 5.35. The van der Waals surface area contributed by atoms with E-state index in [9.17, 15) is 0 Å². The Balaban J connectivity index is 2.45. The summed E-state index contributed by atoms with van der Waals surface area (Å²) in [6.07, 6.45) is 2.87. The molecule has 1 aromatic heterocycles. The van der Waals surface area contributed by atoms with Crippen molar-refractivity contribution >= 4 is 11.0 Å². The molecule has 1 N–H and O–H groups in total. The first-order chi connectivity index (χ1) is 7.22. The van der Waals surface area contributed by atoms with Gasteiger partial charge in [0.15, 0.2) is 0 Å². The molecule has 1 heterocycles. The van der Waals surface area contributed by atoms with Crippen molar-refractivity contribution in [2.24, 2.45) is 0 Å². The lowest BCUT2D eigenvalue weighted by molar-refractivity contribution is 0.607. The Hall–Kier alpha value is -1.28. The number of fused-ring (bicyclic) bond motifs is 1. The van der Waals surface area contributed by atoms with Crippen molar-refractivity contribution in [3.63, 3.8) is 0 Å². The Morgan fingerprint density at radius 1 is 1.40 bits per heavy atom. The molecule has 2 aromatic rings. The summed E-state index contributed by atoms with van der Waals surface area (Å²) >= 11 is 0. The summed E-state index contributed by atoms with van der Waals surface area (Å²) in [5, 5.41) is 4.54. The number of furan rings is 1. The molecule has 2 rings (SSSR count). The first kappa shape index (κ1) is 10.2. The van der Waals surface area contributed by atoms with Gasteiger partial charge in [0.1, 0.15) is 5.58 Å². The lowest BCUT2D eigenvalue weighted by atomic mass is 10.0. The maximum absolute atomic E-state index is 5.48. The fourth-order valence-corrected chi connectivity index (χ4v) is 1.94. The third-order valence-electron chi connectivity index (χ3n) is 2.89. The Labute approximate surface area is 90.3 Å². The summed E-state index contributed by atoms with van der Waals surface area (Å²) < 4.78 is 5.48. The SMILES string of the molecule is CNC(C)Cc1cccc2occ(C)c12. The van der Waals surface area contributed by atoms with Crippen molar-refractivity contribution < 1.29 is 4.42 Å². The molecule has 1 unspecified atom stereocenters. The average Bonchev–Trinajstić information content (AvgIpc) is 2.61. The van der Waals surface area contributed by atoms with E-state index in [1.807, 2.05) is 19.4 Å². The predicted octanol–water partition coefficient (Wildman–Crippen LogP) is 2.89. The molecule has 0 aliphatic rings. The van der Waals surface area contributed by atoms with Gasteiger partial charge in [0.25, 0.3) is 0 Å². The van der Waals surface area contributed by atoms with Crippen LogP contribution < -0.4 is 5.32 Å². The summed E-state index contributed by atoms with van der Waals surface area (Å²) in [4.78, 5) is 0. The average molecular weight is 203 g/mol. The summed E-state index contributed by atoms with van der Waals surface area (Å²) in [5.74, 6) is 0. The molecule has 0 radical (unpaired) electrons. The summed E-state index contributed by atoms with van der Waals surface area (Å²) in [6, 6.07) is 6.75. The van der Waals surface area contributed by atoms with Crippen molar-refractivity contribution in [2.45, 2.75) is 26.3 Å². The number of hydrogen-bond acceptors (Lipinski definition) is 2. The van der Waals surface area contributed by atoms with E-state index in [2.05, 4.69) is 31.3 Å². The molecule has 0 bridgehead atoms. The molecule has 0 aliphatic carbocycles. The van der Waals surface area contributed by atoms with Crippen molar-refractivity contribution in [3.8, 4) is 0 Å². The van der Waals surface area contributed by atoms with Crippen LogP contribution >= 0.6 is 0 Å². The second-order valence-corrected chi connectivity index (χ2v) is 4.10. The van der Waals surface area contributed by atoms with Gasteiger partial charge in [0, 0.05) is 11.4 Å². The zero-order chi connectivity index (χ0) is 10.8. The molecule has 0 aliphatic heterocycles. The van der Waals surface area contributed by atoms with Gasteiger partial charge in [-0.2, -0.15) is 0 Å². The molecular weight excluding hydrogens is 186 g/mol. The second-order valence-electron chi connectivity index (χ2n) is 4.10. The molecule has 0 fully saturated rings. The molecule has 0 saturated carbocycles. The summed E-state index contributed by atoms with van der Waals surface area (Å²) in [5.41, 5.74) is 3.58. The van der Waals surface area contributed by atoms with Crippen LogP contribution in [-0.2, 0) is 6.42 Å². The minimum absolute atomic E-state index is 0.491.